The summed E-state index contributed by atoms with van der Waals surface area (Å²) in [5.41, 5.74) is 6.09. The Morgan fingerprint density at radius 1 is 1.00 bits per heavy atom. The third-order valence-electron chi connectivity index (χ3n) is 2.71. The fraction of sp³-hybridized carbons (Fsp3) is 0.0714. The van der Waals surface area contributed by atoms with E-state index in [1.165, 1.54) is 12.1 Å². The van der Waals surface area contributed by atoms with E-state index in [1.807, 2.05) is 0 Å². The number of carbonyl (C=O) groups is 1. The van der Waals surface area contributed by atoms with Gasteiger partial charge in [-0.3, -0.25) is 4.79 Å². The fourth-order valence-electron chi connectivity index (χ4n) is 1.61. The lowest BCUT2D eigenvalue weighted by Crippen LogP contribution is -2.13. The molecule has 0 fully saturated rings. The van der Waals surface area contributed by atoms with Gasteiger partial charge in [-0.25, -0.2) is 13.2 Å². The molecule has 3 N–H and O–H groups in total. The van der Waals surface area contributed by atoms with Crippen LogP contribution >= 0.6 is 0 Å². The molecular formula is C14H11F3N2O. The number of nitrogens with two attached hydrogens (primary N) is 1. The molecule has 0 aromatic heterocycles. The van der Waals surface area contributed by atoms with E-state index in [9.17, 15) is 18.0 Å². The summed E-state index contributed by atoms with van der Waals surface area (Å²) < 4.78 is 39.2. The fourth-order valence-corrected chi connectivity index (χ4v) is 1.61. The van der Waals surface area contributed by atoms with Crippen molar-refractivity contribution in [3.8, 4) is 0 Å². The van der Waals surface area contributed by atoms with E-state index in [0.29, 0.717) is 18.7 Å². The zero-order chi connectivity index (χ0) is 14.7. The van der Waals surface area contributed by atoms with Crippen molar-refractivity contribution in [1.29, 1.82) is 0 Å². The SMILES string of the molecule is NCc1ccc(C(=O)Nc2cc(F)c(F)cc2F)cc1. The first-order valence-electron chi connectivity index (χ1n) is 5.76. The van der Waals surface area contributed by atoms with Crippen LogP contribution in [-0.2, 0) is 6.54 Å². The molecule has 6 heteroatoms. The number of amides is 1. The molecule has 0 atom stereocenters. The van der Waals surface area contributed by atoms with Gasteiger partial charge in [0.2, 0.25) is 0 Å². The second-order valence-corrected chi connectivity index (χ2v) is 4.10. The molecule has 2 aromatic carbocycles. The highest BCUT2D eigenvalue weighted by molar-refractivity contribution is 6.04. The van der Waals surface area contributed by atoms with E-state index in [0.717, 1.165) is 5.56 Å². The van der Waals surface area contributed by atoms with Crippen LogP contribution < -0.4 is 11.1 Å². The van der Waals surface area contributed by atoms with Gasteiger partial charge in [0.15, 0.2) is 11.6 Å². The summed E-state index contributed by atoms with van der Waals surface area (Å²) in [6.45, 7) is 0.333. The summed E-state index contributed by atoms with van der Waals surface area (Å²) in [4.78, 5) is 11.8. The third kappa shape index (κ3) is 2.97. The molecule has 0 unspecified atom stereocenters. The highest BCUT2D eigenvalue weighted by Gasteiger charge is 2.13. The summed E-state index contributed by atoms with van der Waals surface area (Å²) in [6.07, 6.45) is 0. The van der Waals surface area contributed by atoms with Crippen molar-refractivity contribution < 1.29 is 18.0 Å². The molecule has 2 rings (SSSR count). The van der Waals surface area contributed by atoms with E-state index in [2.05, 4.69) is 5.32 Å². The van der Waals surface area contributed by atoms with Crippen molar-refractivity contribution in [3.05, 3.63) is 65.0 Å². The number of carbonyl (C=O) groups excluding carboxylic acids is 1. The van der Waals surface area contributed by atoms with Crippen LogP contribution in [0.4, 0.5) is 18.9 Å². The second-order valence-electron chi connectivity index (χ2n) is 4.10. The van der Waals surface area contributed by atoms with E-state index < -0.39 is 29.0 Å². The number of nitrogens with one attached hydrogen (secondary N) is 1. The zero-order valence-corrected chi connectivity index (χ0v) is 10.3. The largest absolute Gasteiger partial charge is 0.326 e. The maximum atomic E-state index is 13.4. The van der Waals surface area contributed by atoms with E-state index in [1.54, 1.807) is 12.1 Å². The number of hydrogen-bond donors (Lipinski definition) is 2. The molecule has 0 aliphatic heterocycles. The van der Waals surface area contributed by atoms with E-state index in [4.69, 9.17) is 5.73 Å². The average Bonchev–Trinajstić information content (AvgIpc) is 2.44. The minimum absolute atomic E-state index is 0.256. The van der Waals surface area contributed by atoms with Crippen molar-refractivity contribution in [3.63, 3.8) is 0 Å². The Morgan fingerprint density at radius 3 is 2.20 bits per heavy atom. The molecule has 104 valence electrons. The lowest BCUT2D eigenvalue weighted by molar-refractivity contribution is 0.102. The number of rotatable bonds is 3. The smallest absolute Gasteiger partial charge is 0.255 e. The van der Waals surface area contributed by atoms with Gasteiger partial charge in [0.05, 0.1) is 5.69 Å². The van der Waals surface area contributed by atoms with Gasteiger partial charge in [0, 0.05) is 24.2 Å². The monoisotopic (exact) mass is 280 g/mol. The Morgan fingerprint density at radius 2 is 1.60 bits per heavy atom. The van der Waals surface area contributed by atoms with Crippen molar-refractivity contribution in [2.24, 2.45) is 5.73 Å². The lowest BCUT2D eigenvalue weighted by atomic mass is 10.1. The summed E-state index contributed by atoms with van der Waals surface area (Å²) in [5.74, 6) is -4.22. The van der Waals surface area contributed by atoms with Gasteiger partial charge < -0.3 is 11.1 Å². The van der Waals surface area contributed by atoms with Crippen molar-refractivity contribution in [1.82, 2.24) is 0 Å². The predicted octanol–water partition coefficient (Wildman–Crippen LogP) is 2.81. The van der Waals surface area contributed by atoms with Gasteiger partial charge in [-0.2, -0.15) is 0 Å². The van der Waals surface area contributed by atoms with Crippen LogP contribution in [-0.4, -0.2) is 5.91 Å². The standard InChI is InChI=1S/C14H11F3N2O/c15-10-5-12(17)13(6-11(10)16)19-14(20)9-3-1-8(7-18)2-4-9/h1-6H,7,18H2,(H,19,20). The Hall–Kier alpha value is -2.34. The van der Waals surface area contributed by atoms with Gasteiger partial charge in [-0.05, 0) is 17.7 Å². The Balaban J connectivity index is 2.20. The summed E-state index contributed by atoms with van der Waals surface area (Å²) in [5, 5.41) is 2.18. The molecule has 0 aliphatic carbocycles. The molecule has 0 bridgehead atoms. The van der Waals surface area contributed by atoms with Gasteiger partial charge in [-0.1, -0.05) is 12.1 Å². The van der Waals surface area contributed by atoms with Gasteiger partial charge in [-0.15, -0.1) is 0 Å². The van der Waals surface area contributed by atoms with Crippen LogP contribution in [0.5, 0.6) is 0 Å². The van der Waals surface area contributed by atoms with Crippen LogP contribution in [0.15, 0.2) is 36.4 Å². The molecule has 0 heterocycles. The third-order valence-corrected chi connectivity index (χ3v) is 2.71. The normalized spacial score (nSPS) is 10.4. The molecular weight excluding hydrogens is 269 g/mol. The van der Waals surface area contributed by atoms with Gasteiger partial charge in [0.1, 0.15) is 5.82 Å². The molecule has 2 aromatic rings. The molecule has 3 nitrogen and oxygen atoms in total. The summed E-state index contributed by atoms with van der Waals surface area (Å²) >= 11 is 0. The highest BCUT2D eigenvalue weighted by atomic mass is 19.2. The van der Waals surface area contributed by atoms with Gasteiger partial charge >= 0.3 is 0 Å². The first kappa shape index (κ1) is 14.1. The Labute approximate surface area is 113 Å². The molecule has 20 heavy (non-hydrogen) atoms. The number of hydrogen-bond acceptors (Lipinski definition) is 2. The van der Waals surface area contributed by atoms with Crippen LogP contribution in [0.2, 0.25) is 0 Å². The number of anilines is 1. The van der Waals surface area contributed by atoms with Crippen LogP contribution in [0.3, 0.4) is 0 Å². The molecule has 1 amide bonds. The van der Waals surface area contributed by atoms with Crippen molar-refractivity contribution in [2.45, 2.75) is 6.54 Å². The first-order valence-corrected chi connectivity index (χ1v) is 5.76. The maximum Gasteiger partial charge on any atom is 0.255 e. The summed E-state index contributed by atoms with van der Waals surface area (Å²) in [6, 6.07) is 7.29. The molecule has 0 aliphatic rings. The van der Waals surface area contributed by atoms with E-state index >= 15 is 0 Å². The number of halogens is 3. The van der Waals surface area contributed by atoms with Crippen LogP contribution in [0.1, 0.15) is 15.9 Å². The van der Waals surface area contributed by atoms with Crippen molar-refractivity contribution >= 4 is 11.6 Å². The minimum Gasteiger partial charge on any atom is -0.326 e. The predicted molar refractivity (Wildman–Crippen MR) is 68.6 cm³/mol. The zero-order valence-electron chi connectivity index (χ0n) is 10.3. The Kier molecular flexibility index (Phi) is 4.05. The molecule has 0 saturated heterocycles. The van der Waals surface area contributed by atoms with Gasteiger partial charge in [0.25, 0.3) is 5.91 Å². The lowest BCUT2D eigenvalue weighted by Gasteiger charge is -2.07. The summed E-state index contributed by atoms with van der Waals surface area (Å²) in [7, 11) is 0. The maximum absolute atomic E-state index is 13.4. The molecule has 0 radical (unpaired) electrons. The molecule has 0 saturated carbocycles. The van der Waals surface area contributed by atoms with Crippen molar-refractivity contribution in [2.75, 3.05) is 5.32 Å². The van der Waals surface area contributed by atoms with E-state index in [-0.39, 0.29) is 5.56 Å². The topological polar surface area (TPSA) is 55.1 Å². The quantitative estimate of drug-likeness (QED) is 0.849. The second kappa shape index (κ2) is 5.75. The van der Waals surface area contributed by atoms with Crippen LogP contribution in [0, 0.1) is 17.5 Å². The average molecular weight is 280 g/mol. The molecule has 0 spiro atoms. The Bertz CT molecular complexity index is 642. The number of benzene rings is 2. The minimum atomic E-state index is -1.31. The highest BCUT2D eigenvalue weighted by Crippen LogP contribution is 2.19. The van der Waals surface area contributed by atoms with Crippen LogP contribution in [0.25, 0.3) is 0 Å². The first-order chi connectivity index (χ1) is 9.51.